The lowest BCUT2D eigenvalue weighted by atomic mass is 9.79. The number of piperidine rings is 1. The van der Waals surface area contributed by atoms with Crippen LogP contribution in [0.3, 0.4) is 0 Å². The number of halogens is 3. The number of thiophene rings is 1. The van der Waals surface area contributed by atoms with Crippen LogP contribution in [0.1, 0.15) is 17.7 Å². The van der Waals surface area contributed by atoms with Crippen LogP contribution in [0.4, 0.5) is 15.9 Å². The Bertz CT molecular complexity index is 1410. The second kappa shape index (κ2) is 10.5. The number of benzene rings is 2. The van der Waals surface area contributed by atoms with E-state index >= 15 is 0 Å². The molecule has 3 unspecified atom stereocenters. The molecule has 0 aliphatic carbocycles. The van der Waals surface area contributed by atoms with Gasteiger partial charge in [0.25, 0.3) is 0 Å². The van der Waals surface area contributed by atoms with Crippen LogP contribution in [0, 0.1) is 5.82 Å². The molecule has 3 N–H and O–H groups in total. The lowest BCUT2D eigenvalue weighted by Gasteiger charge is -2.42. The molecule has 0 radical (unpaired) electrons. The highest BCUT2D eigenvalue weighted by molar-refractivity contribution is 8.00. The van der Waals surface area contributed by atoms with Crippen LogP contribution in [0.5, 0.6) is 0 Å². The van der Waals surface area contributed by atoms with Gasteiger partial charge in [0.1, 0.15) is 23.1 Å². The van der Waals surface area contributed by atoms with E-state index in [0.29, 0.717) is 22.2 Å². The number of ketones is 1. The quantitative estimate of drug-likeness (QED) is 0.246. The summed E-state index contributed by atoms with van der Waals surface area (Å²) < 4.78 is 13.5. The molecule has 2 aromatic heterocycles. The Morgan fingerprint density at radius 1 is 1.11 bits per heavy atom. The maximum Gasteiger partial charge on any atom is 0.152 e. The molecule has 0 saturated carbocycles. The highest BCUT2D eigenvalue weighted by Crippen LogP contribution is 2.42. The number of rotatable bonds is 6. The highest BCUT2D eigenvalue weighted by atomic mass is 35.5. The minimum atomic E-state index is -1.16. The third-order valence-electron chi connectivity index (χ3n) is 5.92. The number of aliphatic hydroxyl groups excluding tert-OH is 1. The molecule has 10 heteroatoms. The van der Waals surface area contributed by atoms with E-state index in [2.05, 4.69) is 10.6 Å². The Labute approximate surface area is 225 Å². The number of anilines is 2. The van der Waals surface area contributed by atoms with Gasteiger partial charge in [-0.05, 0) is 64.9 Å². The SMILES string of the molecule is O=C1CC(c2ccsc2)(c2cccc(Nc3ccc(F)cc3Cl)n2)NC(O)C1Sc1ccccc1Cl. The van der Waals surface area contributed by atoms with Gasteiger partial charge in [0, 0.05) is 11.3 Å². The number of hydrogen-bond acceptors (Lipinski definition) is 7. The van der Waals surface area contributed by atoms with Gasteiger partial charge in [0.15, 0.2) is 5.78 Å². The summed E-state index contributed by atoms with van der Waals surface area (Å²) in [5, 5.41) is 21.4. The predicted octanol–water partition coefficient (Wildman–Crippen LogP) is 6.62. The molecule has 1 aliphatic rings. The normalized spacial score (nSPS) is 21.9. The molecule has 0 amide bonds. The fourth-order valence-corrected chi connectivity index (χ4v) is 6.44. The summed E-state index contributed by atoms with van der Waals surface area (Å²) in [6.07, 6.45) is -1.08. The lowest BCUT2D eigenvalue weighted by Crippen LogP contribution is -2.60. The van der Waals surface area contributed by atoms with Gasteiger partial charge in [-0.25, -0.2) is 9.37 Å². The zero-order chi connectivity index (χ0) is 25.3. The second-order valence-corrected chi connectivity index (χ2v) is 11.1. The van der Waals surface area contributed by atoms with Crippen molar-refractivity contribution < 1.29 is 14.3 Å². The van der Waals surface area contributed by atoms with Crippen molar-refractivity contribution in [3.05, 3.63) is 105 Å². The summed E-state index contributed by atoms with van der Waals surface area (Å²) in [5.41, 5.74) is 0.831. The van der Waals surface area contributed by atoms with E-state index in [-0.39, 0.29) is 17.2 Å². The third kappa shape index (κ3) is 5.02. The average Bonchev–Trinajstić information content (AvgIpc) is 3.40. The summed E-state index contributed by atoms with van der Waals surface area (Å²) in [6, 6.07) is 18.6. The number of Topliss-reactive ketones (excluding diaryl/α,β-unsaturated/α-hetero) is 1. The average molecular weight is 561 g/mol. The summed E-state index contributed by atoms with van der Waals surface area (Å²) in [6.45, 7) is 0. The van der Waals surface area contributed by atoms with Crippen LogP contribution in [-0.4, -0.2) is 27.4 Å². The van der Waals surface area contributed by atoms with Crippen LogP contribution in [0.2, 0.25) is 10.0 Å². The van der Waals surface area contributed by atoms with Crippen molar-refractivity contribution in [1.29, 1.82) is 0 Å². The fourth-order valence-electron chi connectivity index (χ4n) is 4.20. The van der Waals surface area contributed by atoms with Crippen molar-refractivity contribution in [2.24, 2.45) is 0 Å². The number of aliphatic hydroxyl groups is 1. The molecular weight excluding hydrogens is 540 g/mol. The van der Waals surface area contributed by atoms with E-state index in [1.807, 2.05) is 41.1 Å². The summed E-state index contributed by atoms with van der Waals surface area (Å²) in [7, 11) is 0. The van der Waals surface area contributed by atoms with Crippen LogP contribution in [0.15, 0.2) is 82.4 Å². The van der Waals surface area contributed by atoms with Crippen LogP contribution in [-0.2, 0) is 10.3 Å². The number of hydrogen-bond donors (Lipinski definition) is 3. The topological polar surface area (TPSA) is 74.2 Å². The first-order chi connectivity index (χ1) is 17.4. The number of thioether (sulfide) groups is 1. The lowest BCUT2D eigenvalue weighted by molar-refractivity contribution is -0.125. The Balaban J connectivity index is 1.48. The van der Waals surface area contributed by atoms with Gasteiger partial charge in [0.2, 0.25) is 0 Å². The van der Waals surface area contributed by atoms with Gasteiger partial charge < -0.3 is 10.4 Å². The molecule has 5 rings (SSSR count). The largest absolute Gasteiger partial charge is 0.377 e. The van der Waals surface area contributed by atoms with E-state index in [0.717, 1.165) is 10.5 Å². The highest BCUT2D eigenvalue weighted by Gasteiger charge is 2.48. The van der Waals surface area contributed by atoms with Crippen molar-refractivity contribution in [3.8, 4) is 0 Å². The van der Waals surface area contributed by atoms with Crippen molar-refractivity contribution in [2.45, 2.75) is 28.3 Å². The summed E-state index contributed by atoms with van der Waals surface area (Å²) in [5.74, 6) is -0.0992. The molecule has 1 fully saturated rings. The van der Waals surface area contributed by atoms with E-state index in [1.165, 1.54) is 41.3 Å². The molecule has 36 heavy (non-hydrogen) atoms. The Kier molecular flexibility index (Phi) is 7.35. The molecule has 184 valence electrons. The standard InChI is InChI=1S/C26H20Cl2FN3O2S2/c27-17-4-1-2-5-21(17)36-24-20(33)13-26(32-25(24)34,15-10-11-35-14-15)22-6-3-7-23(31-22)30-19-9-8-16(29)12-18(19)28/h1-12,14,24-25,32,34H,13H2,(H,30,31). The molecule has 0 spiro atoms. The second-order valence-electron chi connectivity index (χ2n) is 8.28. The van der Waals surface area contributed by atoms with Gasteiger partial charge in [-0.15, -0.1) is 11.8 Å². The predicted molar refractivity (Wildman–Crippen MR) is 144 cm³/mol. The van der Waals surface area contributed by atoms with Gasteiger partial charge in [-0.2, -0.15) is 11.3 Å². The van der Waals surface area contributed by atoms with Crippen molar-refractivity contribution in [2.75, 3.05) is 5.32 Å². The monoisotopic (exact) mass is 559 g/mol. The van der Waals surface area contributed by atoms with Gasteiger partial charge >= 0.3 is 0 Å². The first-order valence-electron chi connectivity index (χ1n) is 11.0. The van der Waals surface area contributed by atoms with Crippen molar-refractivity contribution in [3.63, 3.8) is 0 Å². The molecule has 3 heterocycles. The smallest absolute Gasteiger partial charge is 0.152 e. The van der Waals surface area contributed by atoms with Crippen molar-refractivity contribution >= 4 is 63.6 Å². The van der Waals surface area contributed by atoms with E-state index in [4.69, 9.17) is 28.2 Å². The molecule has 1 aliphatic heterocycles. The molecule has 2 aromatic carbocycles. The van der Waals surface area contributed by atoms with Gasteiger partial charge in [-0.1, -0.05) is 41.4 Å². The van der Waals surface area contributed by atoms with Crippen molar-refractivity contribution in [1.82, 2.24) is 10.3 Å². The number of carbonyl (C=O) groups excluding carboxylic acids is 1. The maximum absolute atomic E-state index is 13.5. The molecule has 3 atom stereocenters. The number of aromatic nitrogens is 1. The fraction of sp³-hybridized carbons (Fsp3) is 0.154. The van der Waals surface area contributed by atoms with Gasteiger partial charge in [-0.3, -0.25) is 10.1 Å². The maximum atomic E-state index is 13.5. The van der Waals surface area contributed by atoms with Gasteiger partial charge in [0.05, 0.1) is 27.0 Å². The Morgan fingerprint density at radius 2 is 1.94 bits per heavy atom. The summed E-state index contributed by atoms with van der Waals surface area (Å²) in [4.78, 5) is 19.0. The molecular formula is C26H20Cl2FN3O2S2. The first kappa shape index (κ1) is 25.2. The zero-order valence-electron chi connectivity index (χ0n) is 18.6. The number of carbonyl (C=O) groups is 1. The number of pyridine rings is 1. The summed E-state index contributed by atoms with van der Waals surface area (Å²) >= 11 is 15.2. The third-order valence-corrected chi connectivity index (χ3v) is 8.74. The minimum Gasteiger partial charge on any atom is -0.377 e. The first-order valence-corrected chi connectivity index (χ1v) is 13.6. The van der Waals surface area contributed by atoms with E-state index in [1.54, 1.807) is 18.2 Å². The van der Waals surface area contributed by atoms with Crippen LogP contribution >= 0.6 is 46.3 Å². The van der Waals surface area contributed by atoms with E-state index in [9.17, 15) is 14.3 Å². The number of nitrogens with one attached hydrogen (secondary N) is 2. The Hall–Kier alpha value is -2.46. The molecule has 0 bridgehead atoms. The van der Waals surface area contributed by atoms with Crippen LogP contribution in [0.25, 0.3) is 0 Å². The number of nitrogens with zero attached hydrogens (tertiary/aromatic N) is 1. The van der Waals surface area contributed by atoms with E-state index < -0.39 is 22.8 Å². The van der Waals surface area contributed by atoms with Crippen LogP contribution < -0.4 is 10.6 Å². The molecule has 5 nitrogen and oxygen atoms in total. The minimum absolute atomic E-state index is 0.0800. The Morgan fingerprint density at radius 3 is 2.67 bits per heavy atom. The molecule has 1 saturated heterocycles. The molecule has 4 aromatic rings. The zero-order valence-corrected chi connectivity index (χ0v) is 21.8.